The van der Waals surface area contributed by atoms with Crippen LogP contribution in [0.15, 0.2) is 18.3 Å². The van der Waals surface area contributed by atoms with E-state index in [0.717, 1.165) is 18.3 Å². The normalized spacial score (nSPS) is 13.2. The molecule has 0 amide bonds. The van der Waals surface area contributed by atoms with E-state index in [2.05, 4.69) is 4.98 Å². The monoisotopic (exact) mass is 275 g/mol. The van der Waals surface area contributed by atoms with Gasteiger partial charge in [0.25, 0.3) is 0 Å². The van der Waals surface area contributed by atoms with E-state index in [-0.39, 0.29) is 16.8 Å². The van der Waals surface area contributed by atoms with Crippen molar-refractivity contribution in [3.63, 3.8) is 0 Å². The Balaban J connectivity index is 2.43. The Morgan fingerprint density at radius 3 is 2.15 bits per heavy atom. The Labute approximate surface area is 111 Å². The van der Waals surface area contributed by atoms with Crippen molar-refractivity contribution in [1.29, 1.82) is 0 Å². The van der Waals surface area contributed by atoms with Gasteiger partial charge in [-0.05, 0) is 19.1 Å². The highest BCUT2D eigenvalue weighted by Gasteiger charge is 2.37. The molecular formula is C14H7F2NO3. The van der Waals surface area contributed by atoms with Crippen LogP contribution in [0, 0.1) is 18.6 Å². The zero-order valence-corrected chi connectivity index (χ0v) is 10.2. The molecule has 3 rings (SSSR count). The van der Waals surface area contributed by atoms with E-state index < -0.39 is 40.1 Å². The molecule has 2 aromatic rings. The minimum atomic E-state index is -1.00. The summed E-state index contributed by atoms with van der Waals surface area (Å²) < 4.78 is 27.5. The molecule has 1 heterocycles. The molecule has 4 nitrogen and oxygen atoms in total. The number of rotatable bonds is 0. The highest BCUT2D eigenvalue weighted by Crippen LogP contribution is 2.35. The summed E-state index contributed by atoms with van der Waals surface area (Å²) in [5.74, 6) is -4.26. The van der Waals surface area contributed by atoms with Crippen LogP contribution in [0.1, 0.15) is 37.5 Å². The van der Waals surface area contributed by atoms with Crippen LogP contribution in [0.3, 0.4) is 0 Å². The molecule has 1 aliphatic rings. The Kier molecular flexibility index (Phi) is 2.44. The molecular weight excluding hydrogens is 268 g/mol. The number of nitrogens with zero attached hydrogens (tertiary/aromatic N) is 1. The van der Waals surface area contributed by atoms with Gasteiger partial charge in [-0.2, -0.15) is 0 Å². The van der Waals surface area contributed by atoms with Crippen LogP contribution in [0.25, 0.3) is 0 Å². The second kappa shape index (κ2) is 3.93. The summed E-state index contributed by atoms with van der Waals surface area (Å²) in [5.41, 5.74) is -1.70. The van der Waals surface area contributed by atoms with Gasteiger partial charge in [0.1, 0.15) is 17.4 Å². The lowest BCUT2D eigenvalue weighted by Crippen LogP contribution is -2.24. The standard InChI is InChI=1S/C14H7F2NO3/c1-5-12(18)9-6(4-17-5)13(19)10-7(15)2-3-8(16)11(10)14(9)20/h2-4,18H,1H3. The fourth-order valence-corrected chi connectivity index (χ4v) is 2.25. The number of aromatic hydroxyl groups is 1. The number of carbonyl (C=O) groups excluding carboxylic acids is 2. The second-order valence-corrected chi connectivity index (χ2v) is 4.42. The Hall–Kier alpha value is -2.63. The Morgan fingerprint density at radius 1 is 1.00 bits per heavy atom. The van der Waals surface area contributed by atoms with Crippen molar-refractivity contribution in [2.45, 2.75) is 6.92 Å². The molecule has 6 heteroatoms. The molecule has 20 heavy (non-hydrogen) atoms. The number of halogens is 2. The van der Waals surface area contributed by atoms with Crippen molar-refractivity contribution in [2.24, 2.45) is 0 Å². The number of fused-ring (bicyclic) bond motifs is 2. The number of pyridine rings is 1. The fraction of sp³-hybridized carbons (Fsp3) is 0.0714. The molecule has 0 saturated carbocycles. The summed E-state index contributed by atoms with van der Waals surface area (Å²) in [6, 6.07) is 1.56. The molecule has 0 atom stereocenters. The fourth-order valence-electron chi connectivity index (χ4n) is 2.25. The van der Waals surface area contributed by atoms with Crippen molar-refractivity contribution >= 4 is 11.6 Å². The maximum Gasteiger partial charge on any atom is 0.201 e. The molecule has 100 valence electrons. The van der Waals surface area contributed by atoms with E-state index in [1.54, 1.807) is 0 Å². The summed E-state index contributed by atoms with van der Waals surface area (Å²) in [5, 5.41) is 9.87. The van der Waals surface area contributed by atoms with Crippen molar-refractivity contribution in [3.05, 3.63) is 57.9 Å². The van der Waals surface area contributed by atoms with Gasteiger partial charge in [-0.3, -0.25) is 14.6 Å². The topological polar surface area (TPSA) is 67.3 Å². The van der Waals surface area contributed by atoms with Gasteiger partial charge in [-0.1, -0.05) is 0 Å². The third kappa shape index (κ3) is 1.41. The van der Waals surface area contributed by atoms with Crippen LogP contribution in [-0.4, -0.2) is 21.7 Å². The van der Waals surface area contributed by atoms with Gasteiger partial charge in [0.15, 0.2) is 5.78 Å². The zero-order valence-electron chi connectivity index (χ0n) is 10.2. The average Bonchev–Trinajstić information content (AvgIpc) is 2.41. The SMILES string of the molecule is Cc1ncc2c(c1O)C(=O)c1c(F)ccc(F)c1C2=O. The predicted octanol–water partition coefficient (Wildman–Crippen LogP) is 2.15. The lowest BCUT2D eigenvalue weighted by Gasteiger charge is -2.19. The van der Waals surface area contributed by atoms with Gasteiger partial charge in [-0.25, -0.2) is 8.78 Å². The highest BCUT2D eigenvalue weighted by molar-refractivity contribution is 6.29. The molecule has 0 radical (unpaired) electrons. The number of aromatic nitrogens is 1. The molecule has 0 saturated heterocycles. The third-order valence-electron chi connectivity index (χ3n) is 3.27. The number of carbonyl (C=O) groups is 2. The zero-order chi connectivity index (χ0) is 14.6. The van der Waals surface area contributed by atoms with Crippen LogP contribution in [0.5, 0.6) is 5.75 Å². The molecule has 1 aromatic carbocycles. The number of benzene rings is 1. The molecule has 1 N–H and O–H groups in total. The van der Waals surface area contributed by atoms with Crippen LogP contribution < -0.4 is 0 Å². The van der Waals surface area contributed by atoms with E-state index in [1.807, 2.05) is 0 Å². The summed E-state index contributed by atoms with van der Waals surface area (Å²) in [6.45, 7) is 1.44. The number of hydrogen-bond acceptors (Lipinski definition) is 4. The van der Waals surface area contributed by atoms with E-state index in [4.69, 9.17) is 0 Å². The van der Waals surface area contributed by atoms with Gasteiger partial charge in [0.2, 0.25) is 5.78 Å². The van der Waals surface area contributed by atoms with E-state index >= 15 is 0 Å². The van der Waals surface area contributed by atoms with Crippen LogP contribution in [-0.2, 0) is 0 Å². The minimum absolute atomic E-state index is 0.130. The predicted molar refractivity (Wildman–Crippen MR) is 63.9 cm³/mol. The molecule has 0 spiro atoms. The maximum atomic E-state index is 13.8. The van der Waals surface area contributed by atoms with Crippen molar-refractivity contribution in [1.82, 2.24) is 4.98 Å². The maximum absolute atomic E-state index is 13.8. The first-order valence-corrected chi connectivity index (χ1v) is 5.69. The Bertz CT molecular complexity index is 795. The second-order valence-electron chi connectivity index (χ2n) is 4.42. The number of aryl methyl sites for hydroxylation is 1. The van der Waals surface area contributed by atoms with Crippen LogP contribution >= 0.6 is 0 Å². The quantitative estimate of drug-likeness (QED) is 0.682. The van der Waals surface area contributed by atoms with E-state index in [0.29, 0.717) is 0 Å². The number of hydrogen-bond donors (Lipinski definition) is 1. The highest BCUT2D eigenvalue weighted by atomic mass is 19.1. The van der Waals surface area contributed by atoms with E-state index in [9.17, 15) is 23.5 Å². The van der Waals surface area contributed by atoms with Gasteiger partial charge in [-0.15, -0.1) is 0 Å². The van der Waals surface area contributed by atoms with Crippen molar-refractivity contribution in [2.75, 3.05) is 0 Å². The summed E-state index contributed by atoms with van der Waals surface area (Å²) in [7, 11) is 0. The minimum Gasteiger partial charge on any atom is -0.505 e. The van der Waals surface area contributed by atoms with Gasteiger partial charge < -0.3 is 5.11 Å². The lowest BCUT2D eigenvalue weighted by molar-refractivity contribution is 0.0969. The average molecular weight is 275 g/mol. The van der Waals surface area contributed by atoms with Crippen molar-refractivity contribution < 1.29 is 23.5 Å². The number of ketones is 2. The lowest BCUT2D eigenvalue weighted by atomic mass is 9.83. The Morgan fingerprint density at radius 2 is 1.55 bits per heavy atom. The largest absolute Gasteiger partial charge is 0.505 e. The summed E-state index contributed by atoms with van der Waals surface area (Å²) in [6.07, 6.45) is 1.08. The smallest absolute Gasteiger partial charge is 0.201 e. The van der Waals surface area contributed by atoms with Crippen molar-refractivity contribution in [3.8, 4) is 5.75 Å². The first kappa shape index (κ1) is 12.4. The van der Waals surface area contributed by atoms with Gasteiger partial charge in [0.05, 0.1) is 27.9 Å². The van der Waals surface area contributed by atoms with Gasteiger partial charge >= 0.3 is 0 Å². The molecule has 0 aliphatic heterocycles. The summed E-state index contributed by atoms with van der Waals surface area (Å²) in [4.78, 5) is 28.2. The summed E-state index contributed by atoms with van der Waals surface area (Å²) >= 11 is 0. The molecule has 0 unspecified atom stereocenters. The van der Waals surface area contributed by atoms with Crippen LogP contribution in [0.2, 0.25) is 0 Å². The molecule has 1 aliphatic carbocycles. The van der Waals surface area contributed by atoms with Crippen LogP contribution in [0.4, 0.5) is 8.78 Å². The molecule has 0 fully saturated rings. The van der Waals surface area contributed by atoms with Gasteiger partial charge in [0, 0.05) is 6.20 Å². The molecule has 0 bridgehead atoms. The third-order valence-corrected chi connectivity index (χ3v) is 3.27. The van der Waals surface area contributed by atoms with E-state index in [1.165, 1.54) is 6.92 Å². The first-order valence-electron chi connectivity index (χ1n) is 5.69. The molecule has 1 aromatic heterocycles. The first-order chi connectivity index (χ1) is 9.43.